The fourth-order valence-corrected chi connectivity index (χ4v) is 1.63. The molecule has 0 fully saturated rings. The maximum Gasteiger partial charge on any atom is 0.246 e. The van der Waals surface area contributed by atoms with Gasteiger partial charge in [-0.05, 0) is 18.6 Å². The number of nitrogens with zero attached hydrogens (tertiary/aromatic N) is 3. The number of para-hydroxylation sites is 1. The summed E-state index contributed by atoms with van der Waals surface area (Å²) in [5.74, 6) is -0.837. The minimum atomic E-state index is -0.463. The van der Waals surface area contributed by atoms with E-state index in [4.69, 9.17) is 5.73 Å². The quantitative estimate of drug-likeness (QED) is 0.855. The van der Waals surface area contributed by atoms with E-state index in [0.29, 0.717) is 11.3 Å². The number of aryl methyl sites for hydroxylation is 1. The number of hydrogen-bond acceptors (Lipinski definition) is 4. The predicted octanol–water partition coefficient (Wildman–Crippen LogP) is 0.823. The number of anilines is 1. The van der Waals surface area contributed by atoms with E-state index in [9.17, 15) is 9.18 Å². The molecule has 0 aliphatic carbocycles. The van der Waals surface area contributed by atoms with Crippen LogP contribution in [0.3, 0.4) is 0 Å². The summed E-state index contributed by atoms with van der Waals surface area (Å²) in [5, 5.41) is 10.0. The molecule has 0 aliphatic rings. The van der Waals surface area contributed by atoms with Crippen LogP contribution in [0.1, 0.15) is 11.3 Å². The molecular weight excluding hydrogens is 249 g/mol. The number of carbonyl (C=O) groups is 1. The zero-order valence-corrected chi connectivity index (χ0v) is 10.4. The van der Waals surface area contributed by atoms with Gasteiger partial charge in [0.1, 0.15) is 12.4 Å². The SMILES string of the molecule is Cc1cccc(F)c1NC(=O)Cn1cc(CN)nn1. The first-order valence-corrected chi connectivity index (χ1v) is 5.74. The molecule has 0 aliphatic heterocycles. The van der Waals surface area contributed by atoms with Gasteiger partial charge in [-0.2, -0.15) is 0 Å². The van der Waals surface area contributed by atoms with Crippen LogP contribution in [0.4, 0.5) is 10.1 Å². The van der Waals surface area contributed by atoms with Crippen LogP contribution >= 0.6 is 0 Å². The minimum absolute atomic E-state index is 0.0409. The van der Waals surface area contributed by atoms with Crippen molar-refractivity contribution >= 4 is 11.6 Å². The lowest BCUT2D eigenvalue weighted by molar-refractivity contribution is -0.117. The van der Waals surface area contributed by atoms with E-state index in [1.165, 1.54) is 10.7 Å². The normalized spacial score (nSPS) is 10.5. The van der Waals surface area contributed by atoms with Crippen molar-refractivity contribution in [3.63, 3.8) is 0 Å². The molecule has 1 aromatic carbocycles. The highest BCUT2D eigenvalue weighted by Crippen LogP contribution is 2.18. The van der Waals surface area contributed by atoms with Gasteiger partial charge in [0, 0.05) is 6.54 Å². The Hall–Kier alpha value is -2.28. The molecule has 3 N–H and O–H groups in total. The number of aromatic nitrogens is 3. The van der Waals surface area contributed by atoms with E-state index in [0.717, 1.165) is 0 Å². The highest BCUT2D eigenvalue weighted by atomic mass is 19.1. The molecule has 0 atom stereocenters. The van der Waals surface area contributed by atoms with Gasteiger partial charge in [-0.25, -0.2) is 9.07 Å². The Morgan fingerprint density at radius 1 is 1.53 bits per heavy atom. The van der Waals surface area contributed by atoms with Gasteiger partial charge in [0.2, 0.25) is 5.91 Å². The molecule has 0 bridgehead atoms. The molecule has 0 unspecified atom stereocenters. The molecule has 6 nitrogen and oxygen atoms in total. The van der Waals surface area contributed by atoms with Crippen LogP contribution in [0.15, 0.2) is 24.4 Å². The minimum Gasteiger partial charge on any atom is -0.325 e. The molecule has 100 valence electrons. The Balaban J connectivity index is 2.05. The van der Waals surface area contributed by atoms with Crippen molar-refractivity contribution in [1.29, 1.82) is 0 Å². The first-order chi connectivity index (χ1) is 9.10. The van der Waals surface area contributed by atoms with Crippen LogP contribution in [0.2, 0.25) is 0 Å². The Morgan fingerprint density at radius 3 is 2.95 bits per heavy atom. The van der Waals surface area contributed by atoms with Crippen molar-refractivity contribution in [2.24, 2.45) is 5.73 Å². The monoisotopic (exact) mass is 263 g/mol. The van der Waals surface area contributed by atoms with Crippen molar-refractivity contribution in [2.45, 2.75) is 20.0 Å². The van der Waals surface area contributed by atoms with Crippen molar-refractivity contribution in [3.8, 4) is 0 Å². The van der Waals surface area contributed by atoms with Gasteiger partial charge in [-0.3, -0.25) is 4.79 Å². The average molecular weight is 263 g/mol. The van der Waals surface area contributed by atoms with Crippen molar-refractivity contribution in [2.75, 3.05) is 5.32 Å². The second kappa shape index (κ2) is 5.57. The first-order valence-electron chi connectivity index (χ1n) is 5.74. The number of benzene rings is 1. The van der Waals surface area contributed by atoms with Crippen molar-refractivity contribution in [1.82, 2.24) is 15.0 Å². The number of carbonyl (C=O) groups excluding carboxylic acids is 1. The zero-order valence-electron chi connectivity index (χ0n) is 10.4. The zero-order chi connectivity index (χ0) is 13.8. The smallest absolute Gasteiger partial charge is 0.246 e. The van der Waals surface area contributed by atoms with Gasteiger partial charge >= 0.3 is 0 Å². The number of amides is 1. The Kier molecular flexibility index (Phi) is 3.86. The molecule has 0 saturated heterocycles. The molecule has 7 heteroatoms. The topological polar surface area (TPSA) is 85.8 Å². The third-order valence-corrected chi connectivity index (χ3v) is 2.59. The maximum atomic E-state index is 13.5. The molecule has 0 radical (unpaired) electrons. The first kappa shape index (κ1) is 13.2. The lowest BCUT2D eigenvalue weighted by Crippen LogP contribution is -2.20. The summed E-state index contributed by atoms with van der Waals surface area (Å²) in [6.45, 7) is 1.94. The number of nitrogens with one attached hydrogen (secondary N) is 1. The summed E-state index contributed by atoms with van der Waals surface area (Å²) >= 11 is 0. The van der Waals surface area contributed by atoms with E-state index in [1.807, 2.05) is 0 Å². The van der Waals surface area contributed by atoms with Crippen LogP contribution in [0.25, 0.3) is 0 Å². The third-order valence-electron chi connectivity index (χ3n) is 2.59. The molecular formula is C12H14FN5O. The summed E-state index contributed by atoms with van der Waals surface area (Å²) in [6.07, 6.45) is 1.58. The molecule has 2 rings (SSSR count). The molecule has 1 aromatic heterocycles. The summed E-state index contributed by atoms with van der Waals surface area (Å²) in [7, 11) is 0. The second-order valence-corrected chi connectivity index (χ2v) is 4.09. The molecule has 0 spiro atoms. The van der Waals surface area contributed by atoms with Crippen LogP contribution < -0.4 is 11.1 Å². The van der Waals surface area contributed by atoms with Gasteiger partial charge in [0.25, 0.3) is 0 Å². The van der Waals surface area contributed by atoms with E-state index >= 15 is 0 Å². The lowest BCUT2D eigenvalue weighted by Gasteiger charge is -2.09. The standard InChI is InChI=1S/C12H14FN5O/c1-8-3-2-4-10(13)12(8)15-11(19)7-18-6-9(5-14)16-17-18/h2-4,6H,5,7,14H2,1H3,(H,15,19). The Labute approximate surface area is 109 Å². The largest absolute Gasteiger partial charge is 0.325 e. The van der Waals surface area contributed by atoms with Gasteiger partial charge in [-0.15, -0.1) is 5.10 Å². The van der Waals surface area contributed by atoms with Crippen LogP contribution in [-0.4, -0.2) is 20.9 Å². The van der Waals surface area contributed by atoms with E-state index in [2.05, 4.69) is 15.6 Å². The fourth-order valence-electron chi connectivity index (χ4n) is 1.63. The number of nitrogens with two attached hydrogens (primary N) is 1. The number of halogens is 1. The molecule has 1 heterocycles. The Bertz CT molecular complexity index is 575. The average Bonchev–Trinajstić information content (AvgIpc) is 2.81. The van der Waals surface area contributed by atoms with E-state index < -0.39 is 5.82 Å². The molecule has 0 saturated carbocycles. The molecule has 2 aromatic rings. The van der Waals surface area contributed by atoms with Crippen LogP contribution in [0.5, 0.6) is 0 Å². The Morgan fingerprint density at radius 2 is 2.32 bits per heavy atom. The third kappa shape index (κ3) is 3.14. The number of rotatable bonds is 4. The van der Waals surface area contributed by atoms with Gasteiger partial charge < -0.3 is 11.1 Å². The lowest BCUT2D eigenvalue weighted by atomic mass is 10.2. The van der Waals surface area contributed by atoms with Crippen LogP contribution in [-0.2, 0) is 17.9 Å². The molecule has 1 amide bonds. The van der Waals surface area contributed by atoms with Crippen LogP contribution in [0, 0.1) is 12.7 Å². The van der Waals surface area contributed by atoms with Gasteiger partial charge in [0.15, 0.2) is 0 Å². The van der Waals surface area contributed by atoms with Crippen molar-refractivity contribution < 1.29 is 9.18 Å². The van der Waals surface area contributed by atoms with Gasteiger partial charge in [0.05, 0.1) is 17.6 Å². The van der Waals surface area contributed by atoms with E-state index in [-0.39, 0.29) is 24.7 Å². The van der Waals surface area contributed by atoms with Gasteiger partial charge in [-0.1, -0.05) is 17.3 Å². The summed E-state index contributed by atoms with van der Waals surface area (Å²) in [4.78, 5) is 11.8. The predicted molar refractivity (Wildman–Crippen MR) is 67.7 cm³/mol. The highest BCUT2D eigenvalue weighted by Gasteiger charge is 2.10. The number of hydrogen-bond donors (Lipinski definition) is 2. The maximum absolute atomic E-state index is 13.5. The highest BCUT2D eigenvalue weighted by molar-refractivity contribution is 5.91. The van der Waals surface area contributed by atoms with E-state index in [1.54, 1.807) is 25.3 Å². The second-order valence-electron chi connectivity index (χ2n) is 4.09. The van der Waals surface area contributed by atoms with Crippen molar-refractivity contribution in [3.05, 3.63) is 41.5 Å². The molecule has 19 heavy (non-hydrogen) atoms. The fraction of sp³-hybridized carbons (Fsp3) is 0.250. The summed E-state index contributed by atoms with van der Waals surface area (Å²) in [5.41, 5.74) is 6.83. The summed E-state index contributed by atoms with van der Waals surface area (Å²) in [6, 6.07) is 4.61. The summed E-state index contributed by atoms with van der Waals surface area (Å²) < 4.78 is 14.9.